The standard InChI is InChI=1S/C10H18N4O3S/c1-5(2)13-8(15)6(3)14-10(17)9(16)12-4-7(11)18/h5-6H,4H2,1-3H3,(H2,11,18)(H,12,16)(H,13,15)(H,14,17). The minimum Gasteiger partial charge on any atom is -0.392 e. The van der Waals surface area contributed by atoms with E-state index in [0.717, 1.165) is 0 Å². The van der Waals surface area contributed by atoms with Gasteiger partial charge in [-0.05, 0) is 20.8 Å². The topological polar surface area (TPSA) is 113 Å². The van der Waals surface area contributed by atoms with E-state index in [9.17, 15) is 14.4 Å². The molecule has 8 heteroatoms. The minimum atomic E-state index is -0.905. The summed E-state index contributed by atoms with van der Waals surface area (Å²) in [5.41, 5.74) is 5.17. The van der Waals surface area contributed by atoms with E-state index in [2.05, 4.69) is 28.2 Å². The average molecular weight is 274 g/mol. The van der Waals surface area contributed by atoms with Crippen molar-refractivity contribution in [2.24, 2.45) is 5.73 Å². The summed E-state index contributed by atoms with van der Waals surface area (Å²) in [6.07, 6.45) is 0. The van der Waals surface area contributed by atoms with Crippen LogP contribution in [0.2, 0.25) is 0 Å². The molecule has 0 saturated heterocycles. The molecule has 0 saturated carbocycles. The molecule has 0 aromatic rings. The first-order valence-corrected chi connectivity index (χ1v) is 5.82. The Labute approximate surface area is 111 Å². The van der Waals surface area contributed by atoms with Gasteiger partial charge in [-0.15, -0.1) is 0 Å². The Morgan fingerprint density at radius 1 is 1.11 bits per heavy atom. The number of amides is 3. The second kappa shape index (κ2) is 7.59. The Morgan fingerprint density at radius 2 is 1.67 bits per heavy atom. The van der Waals surface area contributed by atoms with Crippen LogP contribution in [0.15, 0.2) is 0 Å². The first-order chi connectivity index (χ1) is 8.23. The normalized spacial score (nSPS) is 11.6. The number of hydrogen-bond acceptors (Lipinski definition) is 4. The first kappa shape index (κ1) is 16.3. The fourth-order valence-electron chi connectivity index (χ4n) is 0.985. The Hall–Kier alpha value is -1.70. The number of hydrogen-bond donors (Lipinski definition) is 4. The molecule has 7 nitrogen and oxygen atoms in total. The lowest BCUT2D eigenvalue weighted by Crippen LogP contribution is -2.51. The minimum absolute atomic E-state index is 0.0414. The van der Waals surface area contributed by atoms with Crippen LogP contribution in [0.3, 0.4) is 0 Å². The van der Waals surface area contributed by atoms with Crippen LogP contribution in [0, 0.1) is 0 Å². The number of nitrogens with one attached hydrogen (secondary N) is 3. The molecule has 5 N–H and O–H groups in total. The first-order valence-electron chi connectivity index (χ1n) is 5.41. The quantitative estimate of drug-likeness (QED) is 0.357. The molecule has 18 heavy (non-hydrogen) atoms. The second-order valence-corrected chi connectivity index (χ2v) is 4.53. The van der Waals surface area contributed by atoms with Gasteiger partial charge in [-0.3, -0.25) is 14.4 Å². The van der Waals surface area contributed by atoms with E-state index in [4.69, 9.17) is 5.73 Å². The van der Waals surface area contributed by atoms with E-state index in [-0.39, 0.29) is 23.5 Å². The van der Waals surface area contributed by atoms with Gasteiger partial charge in [0.2, 0.25) is 5.91 Å². The zero-order valence-corrected chi connectivity index (χ0v) is 11.4. The summed E-state index contributed by atoms with van der Waals surface area (Å²) < 4.78 is 0. The Bertz CT molecular complexity index is 357. The van der Waals surface area contributed by atoms with Crippen molar-refractivity contribution in [2.75, 3.05) is 6.54 Å². The smallest absolute Gasteiger partial charge is 0.309 e. The molecule has 0 aliphatic rings. The van der Waals surface area contributed by atoms with Gasteiger partial charge in [-0.2, -0.15) is 0 Å². The van der Waals surface area contributed by atoms with E-state index in [1.54, 1.807) is 13.8 Å². The Balaban J connectivity index is 4.18. The Kier molecular flexibility index (Phi) is 6.88. The number of carbonyl (C=O) groups excluding carboxylic acids is 3. The highest BCUT2D eigenvalue weighted by Crippen LogP contribution is 1.85. The molecule has 0 rings (SSSR count). The van der Waals surface area contributed by atoms with Crippen molar-refractivity contribution in [3.05, 3.63) is 0 Å². The molecule has 0 aromatic carbocycles. The van der Waals surface area contributed by atoms with E-state index in [1.165, 1.54) is 6.92 Å². The molecule has 0 aliphatic heterocycles. The zero-order chi connectivity index (χ0) is 14.3. The molecule has 0 fully saturated rings. The fourth-order valence-corrected chi connectivity index (χ4v) is 1.06. The van der Waals surface area contributed by atoms with Crippen LogP contribution in [0.4, 0.5) is 0 Å². The van der Waals surface area contributed by atoms with Crippen molar-refractivity contribution < 1.29 is 14.4 Å². The molecule has 1 unspecified atom stereocenters. The summed E-state index contributed by atoms with van der Waals surface area (Å²) in [5, 5.41) is 7.09. The fraction of sp³-hybridized carbons (Fsp3) is 0.600. The molecule has 0 spiro atoms. The van der Waals surface area contributed by atoms with Crippen LogP contribution in [0.5, 0.6) is 0 Å². The lowest BCUT2D eigenvalue weighted by Gasteiger charge is -2.15. The highest BCUT2D eigenvalue weighted by molar-refractivity contribution is 7.80. The number of carbonyl (C=O) groups is 3. The number of rotatable bonds is 5. The molecule has 0 bridgehead atoms. The van der Waals surface area contributed by atoms with E-state index in [1.807, 2.05) is 0 Å². The van der Waals surface area contributed by atoms with Gasteiger partial charge in [-0.1, -0.05) is 12.2 Å². The van der Waals surface area contributed by atoms with Gasteiger partial charge in [-0.25, -0.2) is 0 Å². The van der Waals surface area contributed by atoms with Gasteiger partial charge in [0.15, 0.2) is 0 Å². The molecular weight excluding hydrogens is 256 g/mol. The van der Waals surface area contributed by atoms with E-state index in [0.29, 0.717) is 0 Å². The predicted octanol–water partition coefficient (Wildman–Crippen LogP) is -1.58. The molecule has 1 atom stereocenters. The van der Waals surface area contributed by atoms with Crippen molar-refractivity contribution in [1.29, 1.82) is 0 Å². The molecule has 3 amide bonds. The summed E-state index contributed by atoms with van der Waals surface area (Å²) >= 11 is 4.54. The molecule has 102 valence electrons. The molecule has 0 radical (unpaired) electrons. The van der Waals surface area contributed by atoms with Crippen LogP contribution < -0.4 is 21.7 Å². The van der Waals surface area contributed by atoms with Gasteiger partial charge in [0.25, 0.3) is 0 Å². The third kappa shape index (κ3) is 6.79. The lowest BCUT2D eigenvalue weighted by molar-refractivity contribution is -0.140. The zero-order valence-electron chi connectivity index (χ0n) is 10.6. The highest BCUT2D eigenvalue weighted by Gasteiger charge is 2.20. The van der Waals surface area contributed by atoms with Gasteiger partial charge in [0.1, 0.15) is 6.04 Å². The van der Waals surface area contributed by atoms with Gasteiger partial charge in [0, 0.05) is 6.04 Å². The summed E-state index contributed by atoms with van der Waals surface area (Å²) in [7, 11) is 0. The number of nitrogens with two attached hydrogens (primary N) is 1. The summed E-state index contributed by atoms with van der Waals surface area (Å²) in [6.45, 7) is 5.01. The maximum atomic E-state index is 11.5. The molecule has 0 aromatic heterocycles. The third-order valence-corrected chi connectivity index (χ3v) is 1.95. The maximum absolute atomic E-state index is 11.5. The third-order valence-electron chi connectivity index (χ3n) is 1.80. The largest absolute Gasteiger partial charge is 0.392 e. The second-order valence-electron chi connectivity index (χ2n) is 4.01. The van der Waals surface area contributed by atoms with Gasteiger partial charge >= 0.3 is 11.8 Å². The van der Waals surface area contributed by atoms with Crippen molar-refractivity contribution >= 4 is 34.9 Å². The van der Waals surface area contributed by atoms with E-state index >= 15 is 0 Å². The SMILES string of the molecule is CC(C)NC(=O)C(C)NC(=O)C(=O)NCC(N)=S. The van der Waals surface area contributed by atoms with Crippen molar-refractivity contribution in [1.82, 2.24) is 16.0 Å². The summed E-state index contributed by atoms with van der Waals surface area (Å²) in [6, 6.07) is -0.837. The highest BCUT2D eigenvalue weighted by atomic mass is 32.1. The molecule has 0 aliphatic carbocycles. The molecular formula is C10H18N4O3S. The van der Waals surface area contributed by atoms with Gasteiger partial charge in [0.05, 0.1) is 11.5 Å². The van der Waals surface area contributed by atoms with Crippen molar-refractivity contribution in [2.45, 2.75) is 32.9 Å². The molecule has 0 heterocycles. The van der Waals surface area contributed by atoms with Crippen LogP contribution in [0.1, 0.15) is 20.8 Å². The van der Waals surface area contributed by atoms with E-state index < -0.39 is 17.9 Å². The summed E-state index contributed by atoms with van der Waals surface area (Å²) in [4.78, 5) is 34.2. The monoisotopic (exact) mass is 274 g/mol. The lowest BCUT2D eigenvalue weighted by atomic mass is 10.2. The Morgan fingerprint density at radius 3 is 2.11 bits per heavy atom. The van der Waals surface area contributed by atoms with Gasteiger partial charge < -0.3 is 21.7 Å². The average Bonchev–Trinajstić information content (AvgIpc) is 2.24. The maximum Gasteiger partial charge on any atom is 0.309 e. The van der Waals surface area contributed by atoms with Crippen LogP contribution >= 0.6 is 12.2 Å². The predicted molar refractivity (Wildman–Crippen MR) is 70.7 cm³/mol. The van der Waals surface area contributed by atoms with Crippen LogP contribution in [-0.2, 0) is 14.4 Å². The number of thiocarbonyl (C=S) groups is 1. The van der Waals surface area contributed by atoms with Crippen molar-refractivity contribution in [3.8, 4) is 0 Å². The summed E-state index contributed by atoms with van der Waals surface area (Å²) in [5.74, 6) is -2.15. The van der Waals surface area contributed by atoms with Crippen LogP contribution in [0.25, 0.3) is 0 Å². The van der Waals surface area contributed by atoms with Crippen molar-refractivity contribution in [3.63, 3.8) is 0 Å². The van der Waals surface area contributed by atoms with Crippen LogP contribution in [-0.4, -0.2) is 41.3 Å².